The molecule has 6 heteroatoms. The van der Waals surface area contributed by atoms with E-state index in [0.717, 1.165) is 68.6 Å². The van der Waals surface area contributed by atoms with Gasteiger partial charge < -0.3 is 14.4 Å². The third-order valence-corrected chi connectivity index (χ3v) is 6.46. The molecule has 2 aromatic rings. The molecule has 6 nitrogen and oxygen atoms in total. The number of carbonyl (C=O) groups excluding carboxylic acids is 1. The van der Waals surface area contributed by atoms with Gasteiger partial charge in [0.2, 0.25) is 0 Å². The molecule has 0 aromatic carbocycles. The van der Waals surface area contributed by atoms with E-state index in [1.54, 1.807) is 0 Å². The van der Waals surface area contributed by atoms with Crippen LogP contribution in [0, 0.1) is 6.92 Å². The van der Waals surface area contributed by atoms with Crippen molar-refractivity contribution in [2.75, 3.05) is 26.2 Å². The monoisotopic (exact) mass is 384 g/mol. The molecular formula is C22H32N4O2. The van der Waals surface area contributed by atoms with Gasteiger partial charge in [-0.15, -0.1) is 0 Å². The molecule has 4 rings (SSSR count). The molecule has 2 aromatic heterocycles. The van der Waals surface area contributed by atoms with Gasteiger partial charge in [-0.3, -0.25) is 9.69 Å². The Balaban J connectivity index is 1.69. The van der Waals surface area contributed by atoms with E-state index in [9.17, 15) is 9.90 Å². The van der Waals surface area contributed by atoms with Crippen LogP contribution in [-0.4, -0.2) is 62.0 Å². The Morgan fingerprint density at radius 1 is 1.21 bits per heavy atom. The van der Waals surface area contributed by atoms with E-state index in [0.29, 0.717) is 18.8 Å². The maximum Gasteiger partial charge on any atom is 0.274 e. The zero-order valence-corrected chi connectivity index (χ0v) is 17.2. The Labute approximate surface area is 167 Å². The molecule has 4 heterocycles. The number of aromatic nitrogens is 2. The summed E-state index contributed by atoms with van der Waals surface area (Å²) < 4.78 is 2.08. The van der Waals surface area contributed by atoms with Crippen LogP contribution in [0.2, 0.25) is 0 Å². The van der Waals surface area contributed by atoms with E-state index in [1.807, 2.05) is 37.1 Å². The van der Waals surface area contributed by atoms with Crippen LogP contribution in [0.25, 0.3) is 5.65 Å². The lowest BCUT2D eigenvalue weighted by Crippen LogP contribution is -2.47. The first-order valence-corrected chi connectivity index (χ1v) is 10.7. The number of pyridine rings is 1. The molecule has 152 valence electrons. The summed E-state index contributed by atoms with van der Waals surface area (Å²) in [5.41, 5.74) is 2.85. The van der Waals surface area contributed by atoms with Crippen LogP contribution in [0.5, 0.6) is 0 Å². The van der Waals surface area contributed by atoms with Crippen molar-refractivity contribution in [1.29, 1.82) is 0 Å². The van der Waals surface area contributed by atoms with Gasteiger partial charge in [-0.2, -0.15) is 0 Å². The summed E-state index contributed by atoms with van der Waals surface area (Å²) in [6, 6.07) is 4.05. The Morgan fingerprint density at radius 3 is 2.75 bits per heavy atom. The zero-order valence-electron chi connectivity index (χ0n) is 17.2. The predicted molar refractivity (Wildman–Crippen MR) is 109 cm³/mol. The van der Waals surface area contributed by atoms with E-state index in [4.69, 9.17) is 4.98 Å². The number of likely N-dealkylation sites (tertiary alicyclic amines) is 2. The van der Waals surface area contributed by atoms with Gasteiger partial charge in [0.1, 0.15) is 5.65 Å². The van der Waals surface area contributed by atoms with E-state index in [2.05, 4.69) is 9.30 Å². The van der Waals surface area contributed by atoms with Crippen molar-refractivity contribution in [3.05, 3.63) is 35.3 Å². The second kappa shape index (κ2) is 7.84. The fourth-order valence-corrected chi connectivity index (χ4v) is 4.66. The van der Waals surface area contributed by atoms with Crippen LogP contribution in [0.1, 0.15) is 67.2 Å². The molecule has 1 N–H and O–H groups in total. The van der Waals surface area contributed by atoms with Gasteiger partial charge in [-0.25, -0.2) is 4.98 Å². The molecule has 2 fully saturated rings. The first kappa shape index (κ1) is 19.4. The van der Waals surface area contributed by atoms with E-state index in [-0.39, 0.29) is 5.91 Å². The molecule has 28 heavy (non-hydrogen) atoms. The number of amides is 1. The third kappa shape index (κ3) is 3.67. The van der Waals surface area contributed by atoms with Gasteiger partial charge in [0.15, 0.2) is 5.69 Å². The lowest BCUT2D eigenvalue weighted by atomic mass is 9.90. The number of aliphatic hydroxyl groups is 1. The van der Waals surface area contributed by atoms with Crippen LogP contribution < -0.4 is 0 Å². The summed E-state index contributed by atoms with van der Waals surface area (Å²) in [7, 11) is 0. The highest BCUT2D eigenvalue weighted by molar-refractivity contribution is 5.94. The third-order valence-electron chi connectivity index (χ3n) is 6.46. The first-order valence-electron chi connectivity index (χ1n) is 10.7. The maximum absolute atomic E-state index is 13.3. The lowest BCUT2D eigenvalue weighted by Gasteiger charge is -2.38. The average molecular weight is 385 g/mol. The van der Waals surface area contributed by atoms with Crippen molar-refractivity contribution < 1.29 is 9.90 Å². The van der Waals surface area contributed by atoms with Crippen LogP contribution in [0.3, 0.4) is 0 Å². The number of β-amino-alcohol motifs (C(OH)–C–C–N with tert-alkyl or cyclic N) is 1. The van der Waals surface area contributed by atoms with E-state index in [1.165, 1.54) is 6.42 Å². The van der Waals surface area contributed by atoms with Crippen molar-refractivity contribution in [1.82, 2.24) is 19.2 Å². The number of carbonyl (C=O) groups is 1. The summed E-state index contributed by atoms with van der Waals surface area (Å²) in [6.45, 7) is 7.97. The number of hydrogen-bond acceptors (Lipinski definition) is 4. The Kier molecular flexibility index (Phi) is 5.43. The zero-order chi connectivity index (χ0) is 19.7. The summed E-state index contributed by atoms with van der Waals surface area (Å²) in [5.74, 6) is 0.0561. The number of fused-ring (bicyclic) bond motifs is 1. The highest BCUT2D eigenvalue weighted by Gasteiger charge is 2.33. The quantitative estimate of drug-likeness (QED) is 0.880. The largest absolute Gasteiger partial charge is 0.389 e. The number of imidazole rings is 1. The molecule has 0 radical (unpaired) electrons. The Morgan fingerprint density at radius 2 is 2.00 bits per heavy atom. The molecule has 0 unspecified atom stereocenters. The molecular weight excluding hydrogens is 352 g/mol. The van der Waals surface area contributed by atoms with Crippen LogP contribution in [0.15, 0.2) is 18.3 Å². The molecule has 0 saturated carbocycles. The first-order chi connectivity index (χ1) is 13.5. The van der Waals surface area contributed by atoms with Gasteiger partial charge in [0.25, 0.3) is 5.91 Å². The lowest BCUT2D eigenvalue weighted by molar-refractivity contribution is -0.0361. The SMILES string of the molecule is CC[C@@]1(O)CCCN(Cc2c(C(=O)N3CCCCC3)nc3c(C)cccn23)C1. The van der Waals surface area contributed by atoms with E-state index >= 15 is 0 Å². The summed E-state index contributed by atoms with van der Waals surface area (Å²) in [6.07, 6.45) is 7.95. The van der Waals surface area contributed by atoms with Gasteiger partial charge >= 0.3 is 0 Å². The molecule has 0 bridgehead atoms. The predicted octanol–water partition coefficient (Wildman–Crippen LogP) is 3.01. The minimum atomic E-state index is -0.619. The molecule has 0 aliphatic carbocycles. The number of rotatable bonds is 4. The Hall–Kier alpha value is -1.92. The second-order valence-electron chi connectivity index (χ2n) is 8.54. The second-order valence-corrected chi connectivity index (χ2v) is 8.54. The topological polar surface area (TPSA) is 61.1 Å². The van der Waals surface area contributed by atoms with Gasteiger partial charge in [-0.1, -0.05) is 13.0 Å². The van der Waals surface area contributed by atoms with Gasteiger partial charge in [0, 0.05) is 32.4 Å². The number of hydrogen-bond donors (Lipinski definition) is 1. The van der Waals surface area contributed by atoms with Gasteiger partial charge in [-0.05, 0) is 63.6 Å². The van der Waals surface area contributed by atoms with Crippen molar-refractivity contribution in [3.8, 4) is 0 Å². The smallest absolute Gasteiger partial charge is 0.274 e. The normalized spacial score (nSPS) is 24.0. The highest BCUT2D eigenvalue weighted by atomic mass is 16.3. The fraction of sp³-hybridized carbons (Fsp3) is 0.636. The van der Waals surface area contributed by atoms with Crippen molar-refractivity contribution >= 4 is 11.6 Å². The summed E-state index contributed by atoms with van der Waals surface area (Å²) in [5, 5.41) is 10.8. The highest BCUT2D eigenvalue weighted by Crippen LogP contribution is 2.27. The minimum Gasteiger partial charge on any atom is -0.389 e. The van der Waals surface area contributed by atoms with Crippen molar-refractivity contribution in [2.45, 2.75) is 64.5 Å². The minimum absolute atomic E-state index is 0.0561. The fourth-order valence-electron chi connectivity index (χ4n) is 4.66. The molecule has 2 aliphatic rings. The number of aryl methyl sites for hydroxylation is 1. The average Bonchev–Trinajstić information content (AvgIpc) is 3.08. The molecule has 2 aliphatic heterocycles. The van der Waals surface area contributed by atoms with E-state index < -0.39 is 5.60 Å². The summed E-state index contributed by atoms with van der Waals surface area (Å²) in [4.78, 5) is 22.3. The Bertz CT molecular complexity index is 856. The van der Waals surface area contributed by atoms with Crippen LogP contribution >= 0.6 is 0 Å². The molecule has 1 amide bonds. The summed E-state index contributed by atoms with van der Waals surface area (Å²) >= 11 is 0. The van der Waals surface area contributed by atoms with Crippen LogP contribution in [-0.2, 0) is 6.54 Å². The van der Waals surface area contributed by atoms with Crippen molar-refractivity contribution in [2.24, 2.45) is 0 Å². The molecule has 2 saturated heterocycles. The van der Waals surface area contributed by atoms with Gasteiger partial charge in [0.05, 0.1) is 11.3 Å². The standard InChI is InChI=1S/C22H32N4O2/c1-3-22(28)10-8-11-24(16-22)15-18-19(21(27)25-12-5-4-6-13-25)23-20-17(2)9-7-14-26(18)20/h7,9,14,28H,3-6,8,10-13,15-16H2,1-2H3/t22-/m1/s1. The van der Waals surface area contributed by atoms with Crippen molar-refractivity contribution in [3.63, 3.8) is 0 Å². The number of piperidine rings is 2. The number of nitrogens with zero attached hydrogens (tertiary/aromatic N) is 4. The molecule has 0 spiro atoms. The van der Waals surface area contributed by atoms with Crippen LogP contribution in [0.4, 0.5) is 0 Å². The maximum atomic E-state index is 13.3. The molecule has 1 atom stereocenters.